The van der Waals surface area contributed by atoms with Gasteiger partial charge in [0.1, 0.15) is 24.1 Å². The van der Waals surface area contributed by atoms with Crippen molar-refractivity contribution in [3.05, 3.63) is 64.7 Å². The van der Waals surface area contributed by atoms with E-state index in [4.69, 9.17) is 14.7 Å². The fraction of sp³-hybridized carbons (Fsp3) is 0.300. The molecule has 1 saturated heterocycles. The molecule has 2 aromatic rings. The maximum absolute atomic E-state index is 12.6. The number of nitrogens with zero attached hydrogens (tertiary/aromatic N) is 1. The van der Waals surface area contributed by atoms with Crippen molar-refractivity contribution in [1.29, 1.82) is 5.26 Å². The van der Waals surface area contributed by atoms with Crippen LogP contribution in [-0.4, -0.2) is 52.3 Å². The maximum Gasteiger partial charge on any atom is 0.228 e. The fourth-order valence-corrected chi connectivity index (χ4v) is 2.83. The molecule has 27 heavy (non-hydrogen) atoms. The van der Waals surface area contributed by atoms with Gasteiger partial charge in [0.05, 0.1) is 18.2 Å². The monoisotopic (exact) mass is 369 g/mol. The SMILES string of the molecule is Cc1cc(O[C@H]2OC[C@@H](O)[C@H](O)[C@@H]2O)ccc1C(=O)c1ccc(C#N)cc1. The number of aryl methyl sites for hydroxylation is 1. The molecule has 4 atom stereocenters. The summed E-state index contributed by atoms with van der Waals surface area (Å²) in [6.07, 6.45) is -5.05. The Morgan fingerprint density at radius 2 is 1.85 bits per heavy atom. The van der Waals surface area contributed by atoms with Crippen molar-refractivity contribution in [3.8, 4) is 11.8 Å². The van der Waals surface area contributed by atoms with Crippen LogP contribution in [0.3, 0.4) is 0 Å². The topological polar surface area (TPSA) is 120 Å². The van der Waals surface area contributed by atoms with E-state index >= 15 is 0 Å². The van der Waals surface area contributed by atoms with Gasteiger partial charge >= 0.3 is 0 Å². The van der Waals surface area contributed by atoms with Crippen molar-refractivity contribution in [2.24, 2.45) is 0 Å². The zero-order valence-electron chi connectivity index (χ0n) is 14.6. The van der Waals surface area contributed by atoms with Crippen LogP contribution < -0.4 is 4.74 Å². The highest BCUT2D eigenvalue weighted by Gasteiger charge is 2.39. The Kier molecular flexibility index (Phi) is 5.54. The summed E-state index contributed by atoms with van der Waals surface area (Å²) >= 11 is 0. The number of aliphatic hydroxyl groups excluding tert-OH is 3. The van der Waals surface area contributed by atoms with E-state index in [2.05, 4.69) is 0 Å². The number of nitriles is 1. The molecule has 0 radical (unpaired) electrons. The largest absolute Gasteiger partial charge is 0.462 e. The van der Waals surface area contributed by atoms with E-state index < -0.39 is 24.6 Å². The minimum atomic E-state index is -1.39. The summed E-state index contributed by atoms with van der Waals surface area (Å²) in [7, 11) is 0. The Morgan fingerprint density at radius 3 is 2.48 bits per heavy atom. The third kappa shape index (κ3) is 3.99. The average molecular weight is 369 g/mol. The number of aliphatic hydroxyl groups is 3. The second-order valence-corrected chi connectivity index (χ2v) is 6.36. The summed E-state index contributed by atoms with van der Waals surface area (Å²) in [5, 5.41) is 37.9. The molecule has 0 aromatic heterocycles. The highest BCUT2D eigenvalue weighted by Crippen LogP contribution is 2.24. The first-order chi connectivity index (χ1) is 12.9. The van der Waals surface area contributed by atoms with E-state index in [0.29, 0.717) is 28.0 Å². The number of carbonyl (C=O) groups is 1. The molecule has 0 amide bonds. The zero-order chi connectivity index (χ0) is 19.6. The zero-order valence-corrected chi connectivity index (χ0v) is 14.6. The van der Waals surface area contributed by atoms with Gasteiger partial charge in [-0.05, 0) is 55.0 Å². The lowest BCUT2D eigenvalue weighted by Gasteiger charge is -2.35. The first-order valence-electron chi connectivity index (χ1n) is 8.38. The molecule has 1 aliphatic rings. The summed E-state index contributed by atoms with van der Waals surface area (Å²) < 4.78 is 10.8. The minimum Gasteiger partial charge on any atom is -0.462 e. The Bertz CT molecular complexity index is 873. The number of hydrogen-bond acceptors (Lipinski definition) is 7. The third-order valence-corrected chi connectivity index (χ3v) is 4.43. The number of ether oxygens (including phenoxy) is 2. The van der Waals surface area contributed by atoms with E-state index in [1.807, 2.05) is 6.07 Å². The van der Waals surface area contributed by atoms with Gasteiger partial charge in [0.2, 0.25) is 6.29 Å². The molecule has 0 unspecified atom stereocenters. The first kappa shape index (κ1) is 19.0. The van der Waals surface area contributed by atoms with Crippen molar-refractivity contribution >= 4 is 5.78 Å². The molecule has 3 N–H and O–H groups in total. The molecule has 0 bridgehead atoms. The second-order valence-electron chi connectivity index (χ2n) is 6.36. The molecule has 0 spiro atoms. The first-order valence-corrected chi connectivity index (χ1v) is 8.38. The highest BCUT2D eigenvalue weighted by molar-refractivity contribution is 6.10. The van der Waals surface area contributed by atoms with Crippen molar-refractivity contribution in [2.45, 2.75) is 31.5 Å². The predicted molar refractivity (Wildman–Crippen MR) is 94.2 cm³/mol. The summed E-state index contributed by atoms with van der Waals surface area (Å²) in [5.41, 5.74) is 2.08. The molecule has 1 heterocycles. The highest BCUT2D eigenvalue weighted by atomic mass is 16.7. The molecule has 7 heteroatoms. The van der Waals surface area contributed by atoms with Gasteiger partial charge in [0.15, 0.2) is 5.78 Å². The van der Waals surface area contributed by atoms with Crippen molar-refractivity contribution in [1.82, 2.24) is 0 Å². The second kappa shape index (κ2) is 7.86. The van der Waals surface area contributed by atoms with Crippen LogP contribution in [0, 0.1) is 18.3 Å². The number of ketones is 1. The normalized spacial score (nSPS) is 24.9. The summed E-state index contributed by atoms with van der Waals surface area (Å²) in [5.74, 6) is 0.174. The molecule has 140 valence electrons. The van der Waals surface area contributed by atoms with Gasteiger partial charge in [0.25, 0.3) is 0 Å². The quantitative estimate of drug-likeness (QED) is 0.685. The van der Waals surface area contributed by atoms with Gasteiger partial charge in [-0.25, -0.2) is 0 Å². The molecule has 0 aliphatic carbocycles. The van der Waals surface area contributed by atoms with Crippen LogP contribution in [0.2, 0.25) is 0 Å². The average Bonchev–Trinajstić information content (AvgIpc) is 2.68. The molecular weight excluding hydrogens is 350 g/mol. The summed E-state index contributed by atoms with van der Waals surface area (Å²) in [4.78, 5) is 12.6. The van der Waals surface area contributed by atoms with Gasteiger partial charge in [-0.3, -0.25) is 4.79 Å². The molecule has 3 rings (SSSR count). The van der Waals surface area contributed by atoms with E-state index in [1.54, 1.807) is 49.4 Å². The van der Waals surface area contributed by atoms with E-state index in [0.717, 1.165) is 0 Å². The molecule has 7 nitrogen and oxygen atoms in total. The van der Waals surface area contributed by atoms with E-state index in [-0.39, 0.29) is 12.4 Å². The lowest BCUT2D eigenvalue weighted by molar-refractivity contribution is -0.242. The Hall–Kier alpha value is -2.76. The van der Waals surface area contributed by atoms with Crippen LogP contribution in [0.25, 0.3) is 0 Å². The Labute approximate surface area is 156 Å². The van der Waals surface area contributed by atoms with Crippen LogP contribution in [0.15, 0.2) is 42.5 Å². The van der Waals surface area contributed by atoms with Gasteiger partial charge in [0, 0.05) is 11.1 Å². The van der Waals surface area contributed by atoms with Crippen LogP contribution >= 0.6 is 0 Å². The van der Waals surface area contributed by atoms with Crippen molar-refractivity contribution in [3.63, 3.8) is 0 Å². The van der Waals surface area contributed by atoms with E-state index in [9.17, 15) is 20.1 Å². The van der Waals surface area contributed by atoms with Gasteiger partial charge in [-0.1, -0.05) is 0 Å². The molecule has 1 fully saturated rings. The maximum atomic E-state index is 12.6. The summed E-state index contributed by atoms with van der Waals surface area (Å²) in [6.45, 7) is 1.59. The molecular formula is C20H19NO6. The lowest BCUT2D eigenvalue weighted by Crippen LogP contribution is -2.54. The standard InChI is InChI=1S/C20H19NO6/c1-11-8-14(27-20-19(25)18(24)16(22)10-26-20)6-7-15(11)17(23)13-4-2-12(9-21)3-5-13/h2-8,16,18-20,22,24-25H,10H2,1H3/t16-,18+,19+,20-/m1/s1. The van der Waals surface area contributed by atoms with Crippen LogP contribution in [-0.2, 0) is 4.74 Å². The third-order valence-electron chi connectivity index (χ3n) is 4.43. The predicted octanol–water partition coefficient (Wildman–Crippen LogP) is 0.916. The van der Waals surface area contributed by atoms with Gasteiger partial charge in [-0.15, -0.1) is 0 Å². The number of hydrogen-bond donors (Lipinski definition) is 3. The van der Waals surface area contributed by atoms with Gasteiger partial charge < -0.3 is 24.8 Å². The van der Waals surface area contributed by atoms with Crippen LogP contribution in [0.4, 0.5) is 0 Å². The number of rotatable bonds is 4. The Morgan fingerprint density at radius 1 is 1.15 bits per heavy atom. The molecule has 1 aliphatic heterocycles. The smallest absolute Gasteiger partial charge is 0.228 e. The number of carbonyl (C=O) groups excluding carboxylic acids is 1. The minimum absolute atomic E-state index is 0.156. The molecule has 2 aromatic carbocycles. The fourth-order valence-electron chi connectivity index (χ4n) is 2.83. The van der Waals surface area contributed by atoms with E-state index in [1.165, 1.54) is 0 Å². The number of benzene rings is 2. The van der Waals surface area contributed by atoms with Crippen LogP contribution in [0.1, 0.15) is 27.0 Å². The van der Waals surface area contributed by atoms with Crippen molar-refractivity contribution in [2.75, 3.05) is 6.61 Å². The van der Waals surface area contributed by atoms with Crippen molar-refractivity contribution < 1.29 is 29.6 Å². The Balaban J connectivity index is 1.75. The summed E-state index contributed by atoms with van der Waals surface area (Å²) in [6, 6.07) is 13.2. The van der Waals surface area contributed by atoms with Gasteiger partial charge in [-0.2, -0.15) is 5.26 Å². The molecule has 0 saturated carbocycles. The lowest BCUT2D eigenvalue weighted by atomic mass is 9.98. The van der Waals surface area contributed by atoms with Crippen LogP contribution in [0.5, 0.6) is 5.75 Å².